The lowest BCUT2D eigenvalue weighted by Gasteiger charge is -2.23. The third-order valence-electron chi connectivity index (χ3n) is 7.51. The molecule has 0 aromatic heterocycles. The molecule has 0 fully saturated rings. The fourth-order valence-corrected chi connectivity index (χ4v) is 6.78. The van der Waals surface area contributed by atoms with Crippen molar-refractivity contribution in [3.8, 4) is 0 Å². The smallest absolute Gasteiger partial charge is 0.0492 e. The Balaban J connectivity index is 1.78. The van der Waals surface area contributed by atoms with Crippen molar-refractivity contribution in [2.75, 3.05) is 0 Å². The zero-order valence-corrected chi connectivity index (χ0v) is 25.6. The molecule has 4 aromatic rings. The SMILES string of the molecule is Cc1ccc(C=CC(SC(C=Cc2ccc(C)cc2C)c2ccc(C)cc2C)c2ccc(C)cc2C)c(C)c1. The molecule has 4 rings (SSSR count). The zero-order chi connectivity index (χ0) is 28.1. The van der Waals surface area contributed by atoms with Crippen LogP contribution in [0.5, 0.6) is 0 Å². The molecule has 0 aliphatic carbocycles. The monoisotopic (exact) mass is 530 g/mol. The Kier molecular flexibility index (Phi) is 9.36. The second-order valence-corrected chi connectivity index (χ2v) is 12.4. The van der Waals surface area contributed by atoms with Gasteiger partial charge in [0.2, 0.25) is 0 Å². The van der Waals surface area contributed by atoms with E-state index in [0.29, 0.717) is 0 Å². The summed E-state index contributed by atoms with van der Waals surface area (Å²) in [7, 11) is 0. The van der Waals surface area contributed by atoms with Gasteiger partial charge in [-0.2, -0.15) is 0 Å². The van der Waals surface area contributed by atoms with Crippen LogP contribution in [0.2, 0.25) is 0 Å². The third-order valence-corrected chi connectivity index (χ3v) is 8.92. The Morgan fingerprint density at radius 1 is 0.436 bits per heavy atom. The maximum absolute atomic E-state index is 2.40. The van der Waals surface area contributed by atoms with Crippen LogP contribution in [0.15, 0.2) is 84.9 Å². The van der Waals surface area contributed by atoms with E-state index in [-0.39, 0.29) is 10.5 Å². The van der Waals surface area contributed by atoms with Gasteiger partial charge < -0.3 is 0 Å². The summed E-state index contributed by atoms with van der Waals surface area (Å²) >= 11 is 2.02. The Morgan fingerprint density at radius 2 is 0.769 bits per heavy atom. The molecule has 2 unspecified atom stereocenters. The van der Waals surface area contributed by atoms with Gasteiger partial charge in [0.05, 0.1) is 0 Å². The van der Waals surface area contributed by atoms with Crippen molar-refractivity contribution >= 4 is 23.9 Å². The molecule has 39 heavy (non-hydrogen) atoms. The highest BCUT2D eigenvalue weighted by atomic mass is 32.2. The van der Waals surface area contributed by atoms with E-state index in [1.54, 1.807) is 0 Å². The van der Waals surface area contributed by atoms with E-state index in [1.165, 1.54) is 66.8 Å². The van der Waals surface area contributed by atoms with Crippen molar-refractivity contribution in [2.45, 2.75) is 65.9 Å². The molecule has 0 N–H and O–H groups in total. The molecule has 2 atom stereocenters. The lowest BCUT2D eigenvalue weighted by atomic mass is 10.0. The number of thioether (sulfide) groups is 1. The molecular weight excluding hydrogens is 488 g/mol. The van der Waals surface area contributed by atoms with Gasteiger partial charge in [0.25, 0.3) is 0 Å². The quantitative estimate of drug-likeness (QED) is 0.218. The predicted octanol–water partition coefficient (Wildman–Crippen LogP) is 11.1. The normalized spacial score (nSPS) is 13.3. The second-order valence-electron chi connectivity index (χ2n) is 11.1. The highest BCUT2D eigenvalue weighted by Crippen LogP contribution is 2.45. The van der Waals surface area contributed by atoms with Gasteiger partial charge >= 0.3 is 0 Å². The molecule has 0 amide bonds. The van der Waals surface area contributed by atoms with E-state index in [4.69, 9.17) is 0 Å². The average molecular weight is 531 g/mol. The minimum absolute atomic E-state index is 0.209. The third kappa shape index (κ3) is 7.43. The first kappa shape index (κ1) is 28.7. The Hall–Kier alpha value is -3.29. The van der Waals surface area contributed by atoms with E-state index >= 15 is 0 Å². The molecule has 200 valence electrons. The maximum Gasteiger partial charge on any atom is 0.0492 e. The maximum atomic E-state index is 2.40. The van der Waals surface area contributed by atoms with Crippen LogP contribution in [0, 0.1) is 55.4 Å². The summed E-state index contributed by atoms with van der Waals surface area (Å²) in [5.74, 6) is 0. The molecule has 0 aliphatic rings. The van der Waals surface area contributed by atoms with E-state index in [0.717, 1.165) is 0 Å². The fraction of sp³-hybridized carbons (Fsp3) is 0.263. The molecule has 0 saturated carbocycles. The van der Waals surface area contributed by atoms with E-state index < -0.39 is 0 Å². The minimum Gasteiger partial charge on any atom is -0.137 e. The van der Waals surface area contributed by atoms with Crippen LogP contribution < -0.4 is 0 Å². The Labute approximate surface area is 240 Å². The van der Waals surface area contributed by atoms with E-state index in [9.17, 15) is 0 Å². The summed E-state index contributed by atoms with van der Waals surface area (Å²) in [6.45, 7) is 17.6. The van der Waals surface area contributed by atoms with E-state index in [2.05, 4.69) is 152 Å². The van der Waals surface area contributed by atoms with Gasteiger partial charge in [-0.1, -0.05) is 119 Å². The van der Waals surface area contributed by atoms with Gasteiger partial charge in [-0.15, -0.1) is 11.8 Å². The van der Waals surface area contributed by atoms with Gasteiger partial charge in [0.1, 0.15) is 0 Å². The molecule has 0 saturated heterocycles. The fourth-order valence-electron chi connectivity index (χ4n) is 5.30. The van der Waals surface area contributed by atoms with Crippen molar-refractivity contribution < 1.29 is 0 Å². The van der Waals surface area contributed by atoms with Gasteiger partial charge in [-0.3, -0.25) is 0 Å². The van der Waals surface area contributed by atoms with Crippen molar-refractivity contribution in [1.82, 2.24) is 0 Å². The van der Waals surface area contributed by atoms with Crippen molar-refractivity contribution in [3.63, 3.8) is 0 Å². The summed E-state index contributed by atoms with van der Waals surface area (Å²) in [4.78, 5) is 0. The van der Waals surface area contributed by atoms with Crippen LogP contribution in [0.1, 0.15) is 77.3 Å². The van der Waals surface area contributed by atoms with Crippen LogP contribution in [0.4, 0.5) is 0 Å². The summed E-state index contributed by atoms with van der Waals surface area (Å²) in [6.07, 6.45) is 9.44. The van der Waals surface area contributed by atoms with Crippen LogP contribution in [-0.4, -0.2) is 0 Å². The van der Waals surface area contributed by atoms with Gasteiger partial charge in [-0.05, 0) is 99.9 Å². The first-order valence-electron chi connectivity index (χ1n) is 13.9. The van der Waals surface area contributed by atoms with Gasteiger partial charge in [0, 0.05) is 10.5 Å². The first-order valence-corrected chi connectivity index (χ1v) is 14.9. The van der Waals surface area contributed by atoms with Crippen molar-refractivity contribution in [1.29, 1.82) is 0 Å². The van der Waals surface area contributed by atoms with Crippen LogP contribution in [0.25, 0.3) is 12.2 Å². The molecule has 0 radical (unpaired) electrons. The standard InChI is InChI=1S/C38H42S/c1-25-9-13-33(29(5)21-25)15-19-37(35-17-11-27(3)23-31(35)7)39-38(36-18-12-28(4)24-32(36)8)20-16-34-14-10-26(2)22-30(34)6/h9-24,37-38H,1-8H3. The molecule has 0 aliphatic heterocycles. The van der Waals surface area contributed by atoms with Gasteiger partial charge in [-0.25, -0.2) is 0 Å². The van der Waals surface area contributed by atoms with Crippen molar-refractivity contribution in [2.24, 2.45) is 0 Å². The molecule has 0 bridgehead atoms. The molecule has 4 aromatic carbocycles. The predicted molar refractivity (Wildman–Crippen MR) is 175 cm³/mol. The molecule has 0 spiro atoms. The zero-order valence-electron chi connectivity index (χ0n) is 24.8. The Morgan fingerprint density at radius 3 is 1.10 bits per heavy atom. The first-order chi connectivity index (χ1) is 18.6. The highest BCUT2D eigenvalue weighted by Gasteiger charge is 2.20. The summed E-state index contributed by atoms with van der Waals surface area (Å²) < 4.78 is 0. The number of benzene rings is 4. The molecule has 0 nitrogen and oxygen atoms in total. The number of hydrogen-bond acceptors (Lipinski definition) is 1. The number of hydrogen-bond donors (Lipinski definition) is 0. The summed E-state index contributed by atoms with van der Waals surface area (Å²) in [5, 5.41) is 0.418. The molecule has 1 heteroatoms. The number of rotatable bonds is 8. The summed E-state index contributed by atoms with van der Waals surface area (Å²) in [5.41, 5.74) is 15.8. The Bertz CT molecular complexity index is 1400. The van der Waals surface area contributed by atoms with Gasteiger partial charge in [0.15, 0.2) is 0 Å². The van der Waals surface area contributed by atoms with E-state index in [1.807, 2.05) is 11.8 Å². The second kappa shape index (κ2) is 12.7. The highest BCUT2D eigenvalue weighted by molar-refractivity contribution is 8.00. The molecule has 0 heterocycles. The summed E-state index contributed by atoms with van der Waals surface area (Å²) in [6, 6.07) is 27.2. The minimum atomic E-state index is 0.209. The van der Waals surface area contributed by atoms with Crippen LogP contribution in [0.3, 0.4) is 0 Å². The number of aryl methyl sites for hydroxylation is 8. The van der Waals surface area contributed by atoms with Crippen LogP contribution in [-0.2, 0) is 0 Å². The van der Waals surface area contributed by atoms with Crippen LogP contribution >= 0.6 is 11.8 Å². The largest absolute Gasteiger partial charge is 0.137 e. The average Bonchev–Trinajstić information content (AvgIpc) is 2.86. The topological polar surface area (TPSA) is 0 Å². The van der Waals surface area contributed by atoms with Crippen molar-refractivity contribution in [3.05, 3.63) is 152 Å². The lowest BCUT2D eigenvalue weighted by Crippen LogP contribution is -2.01. The molecular formula is C38H42S. The lowest BCUT2D eigenvalue weighted by molar-refractivity contribution is 1.12.